The molecule has 0 heterocycles. The van der Waals surface area contributed by atoms with Crippen molar-refractivity contribution in [2.24, 2.45) is 5.92 Å². The summed E-state index contributed by atoms with van der Waals surface area (Å²) in [6.45, 7) is 2.12. The second kappa shape index (κ2) is 2.86. The molecule has 0 fully saturated rings. The molecule has 1 aliphatic carbocycles. The average Bonchev–Trinajstić information content (AvgIpc) is 1.85. The van der Waals surface area contributed by atoms with Crippen molar-refractivity contribution in [1.82, 2.24) is 0 Å². The Hall–Kier alpha value is -0.790. The van der Waals surface area contributed by atoms with Crippen molar-refractivity contribution in [3.8, 4) is 0 Å². The zero-order valence-corrected chi connectivity index (χ0v) is 6.39. The number of carbonyl (C=O) groups is 1. The fraction of sp³-hybridized carbons (Fsp3) is 0.625. The second-order valence-electron chi connectivity index (χ2n) is 2.56. The van der Waals surface area contributed by atoms with Crippen molar-refractivity contribution in [2.45, 2.75) is 19.8 Å². The predicted octanol–water partition coefficient (Wildman–Crippen LogP) is 1.52. The lowest BCUT2D eigenvalue weighted by Crippen LogP contribution is -2.17. The lowest BCUT2D eigenvalue weighted by atomic mass is 9.85. The maximum Gasteiger partial charge on any atom is 0.333 e. The Morgan fingerprint density at radius 3 is 2.90 bits per heavy atom. The van der Waals surface area contributed by atoms with Gasteiger partial charge < -0.3 is 4.74 Å². The highest BCUT2D eigenvalue weighted by Crippen LogP contribution is 2.28. The van der Waals surface area contributed by atoms with Crippen LogP contribution in [0.3, 0.4) is 0 Å². The minimum Gasteiger partial charge on any atom is -0.466 e. The highest BCUT2D eigenvalue weighted by atomic mass is 16.5. The van der Waals surface area contributed by atoms with E-state index in [0.717, 1.165) is 18.4 Å². The van der Waals surface area contributed by atoms with E-state index in [2.05, 4.69) is 11.7 Å². The van der Waals surface area contributed by atoms with E-state index in [-0.39, 0.29) is 5.97 Å². The molecule has 0 saturated heterocycles. The van der Waals surface area contributed by atoms with Crippen molar-refractivity contribution >= 4 is 5.97 Å². The Labute approximate surface area is 60.9 Å². The summed E-state index contributed by atoms with van der Waals surface area (Å²) in [5.74, 6) is 0.457. The van der Waals surface area contributed by atoms with Crippen LogP contribution >= 0.6 is 0 Å². The third-order valence-electron chi connectivity index (χ3n) is 1.89. The maximum absolute atomic E-state index is 10.8. The van der Waals surface area contributed by atoms with Crippen molar-refractivity contribution in [2.75, 3.05) is 7.11 Å². The highest BCUT2D eigenvalue weighted by molar-refractivity contribution is 5.89. The van der Waals surface area contributed by atoms with Crippen LogP contribution in [-0.2, 0) is 9.53 Å². The Bertz CT molecular complexity index is 170. The standard InChI is InChI=1S/C8H12O2/c1-3-6-4-7(5-6)8(9)10-2/h4,6H,3,5H2,1-2H3. The lowest BCUT2D eigenvalue weighted by molar-refractivity contribution is -0.136. The largest absolute Gasteiger partial charge is 0.466 e. The molecular formula is C8H12O2. The second-order valence-corrected chi connectivity index (χ2v) is 2.56. The van der Waals surface area contributed by atoms with Crippen molar-refractivity contribution in [1.29, 1.82) is 0 Å². The molecule has 1 unspecified atom stereocenters. The van der Waals surface area contributed by atoms with Gasteiger partial charge >= 0.3 is 5.97 Å². The fourth-order valence-electron chi connectivity index (χ4n) is 1.08. The first-order chi connectivity index (χ1) is 4.77. The maximum atomic E-state index is 10.8. The van der Waals surface area contributed by atoms with E-state index in [0.29, 0.717) is 5.92 Å². The first-order valence-electron chi connectivity index (χ1n) is 3.57. The molecule has 1 aliphatic rings. The van der Waals surface area contributed by atoms with Crippen LogP contribution in [0.25, 0.3) is 0 Å². The Morgan fingerprint density at radius 1 is 1.90 bits per heavy atom. The van der Waals surface area contributed by atoms with Crippen molar-refractivity contribution < 1.29 is 9.53 Å². The zero-order valence-electron chi connectivity index (χ0n) is 6.39. The van der Waals surface area contributed by atoms with Gasteiger partial charge in [0.2, 0.25) is 0 Å². The van der Waals surface area contributed by atoms with Gasteiger partial charge in [0, 0.05) is 5.57 Å². The van der Waals surface area contributed by atoms with E-state index in [9.17, 15) is 4.79 Å². The van der Waals surface area contributed by atoms with Crippen LogP contribution in [0.15, 0.2) is 11.6 Å². The first-order valence-corrected chi connectivity index (χ1v) is 3.57. The summed E-state index contributed by atoms with van der Waals surface area (Å²) in [6.07, 6.45) is 4.02. The summed E-state index contributed by atoms with van der Waals surface area (Å²) >= 11 is 0. The third-order valence-corrected chi connectivity index (χ3v) is 1.89. The van der Waals surface area contributed by atoms with Crippen molar-refractivity contribution in [3.05, 3.63) is 11.6 Å². The number of hydrogen-bond acceptors (Lipinski definition) is 2. The fourth-order valence-corrected chi connectivity index (χ4v) is 1.08. The minimum absolute atomic E-state index is 0.162. The molecule has 10 heavy (non-hydrogen) atoms. The van der Waals surface area contributed by atoms with Gasteiger partial charge in [-0.05, 0) is 18.8 Å². The molecule has 0 N–H and O–H groups in total. The van der Waals surface area contributed by atoms with E-state index in [1.807, 2.05) is 6.08 Å². The van der Waals surface area contributed by atoms with Crippen LogP contribution in [0.2, 0.25) is 0 Å². The molecule has 0 saturated carbocycles. The van der Waals surface area contributed by atoms with Crippen LogP contribution in [0, 0.1) is 5.92 Å². The summed E-state index contributed by atoms with van der Waals surface area (Å²) in [5.41, 5.74) is 0.842. The Morgan fingerprint density at radius 2 is 2.50 bits per heavy atom. The summed E-state index contributed by atoms with van der Waals surface area (Å²) in [4.78, 5) is 10.8. The molecule has 1 rings (SSSR count). The molecule has 0 aromatic heterocycles. The monoisotopic (exact) mass is 140 g/mol. The van der Waals surface area contributed by atoms with Crippen LogP contribution in [0.5, 0.6) is 0 Å². The summed E-state index contributed by atoms with van der Waals surface area (Å²) in [7, 11) is 1.42. The molecule has 0 amide bonds. The first kappa shape index (κ1) is 7.32. The molecular weight excluding hydrogens is 128 g/mol. The number of hydrogen-bond donors (Lipinski definition) is 0. The van der Waals surface area contributed by atoms with E-state index in [1.54, 1.807) is 0 Å². The SMILES string of the molecule is CCC1C=C(C(=O)OC)C1. The van der Waals surface area contributed by atoms with Gasteiger partial charge in [-0.2, -0.15) is 0 Å². The summed E-state index contributed by atoms with van der Waals surface area (Å²) < 4.78 is 4.54. The smallest absolute Gasteiger partial charge is 0.333 e. The van der Waals surface area contributed by atoms with Crippen LogP contribution < -0.4 is 0 Å². The van der Waals surface area contributed by atoms with Gasteiger partial charge in [0.05, 0.1) is 7.11 Å². The van der Waals surface area contributed by atoms with E-state index < -0.39 is 0 Å². The average molecular weight is 140 g/mol. The summed E-state index contributed by atoms with van der Waals surface area (Å²) in [5, 5.41) is 0. The lowest BCUT2D eigenvalue weighted by Gasteiger charge is -2.21. The van der Waals surface area contributed by atoms with Gasteiger partial charge in [-0.1, -0.05) is 13.0 Å². The van der Waals surface area contributed by atoms with Gasteiger partial charge in [-0.3, -0.25) is 0 Å². The van der Waals surface area contributed by atoms with Gasteiger partial charge in [0.1, 0.15) is 0 Å². The number of ether oxygens (including phenoxy) is 1. The third kappa shape index (κ3) is 1.20. The zero-order chi connectivity index (χ0) is 7.56. The van der Waals surface area contributed by atoms with Crippen LogP contribution in [0.1, 0.15) is 19.8 Å². The van der Waals surface area contributed by atoms with Gasteiger partial charge in [0.25, 0.3) is 0 Å². The molecule has 0 aromatic carbocycles. The molecule has 0 spiro atoms. The van der Waals surface area contributed by atoms with E-state index in [4.69, 9.17) is 0 Å². The predicted molar refractivity (Wildman–Crippen MR) is 38.5 cm³/mol. The van der Waals surface area contributed by atoms with E-state index >= 15 is 0 Å². The molecule has 0 aromatic rings. The molecule has 1 atom stereocenters. The topological polar surface area (TPSA) is 26.3 Å². The molecule has 2 heteroatoms. The molecule has 2 nitrogen and oxygen atoms in total. The number of carbonyl (C=O) groups excluding carboxylic acids is 1. The Kier molecular flexibility index (Phi) is 2.10. The summed E-state index contributed by atoms with van der Waals surface area (Å²) in [6, 6.07) is 0. The molecule has 0 aliphatic heterocycles. The minimum atomic E-state index is -0.162. The Balaban J connectivity index is 2.42. The quantitative estimate of drug-likeness (QED) is 0.543. The molecule has 56 valence electrons. The van der Waals surface area contributed by atoms with Gasteiger partial charge in [0.15, 0.2) is 0 Å². The van der Waals surface area contributed by atoms with Crippen LogP contribution in [-0.4, -0.2) is 13.1 Å². The number of allylic oxidation sites excluding steroid dienone is 1. The normalized spacial score (nSPS) is 23.0. The van der Waals surface area contributed by atoms with Gasteiger partial charge in [-0.25, -0.2) is 4.79 Å². The molecule has 0 bridgehead atoms. The van der Waals surface area contributed by atoms with E-state index in [1.165, 1.54) is 7.11 Å². The number of methoxy groups -OCH3 is 1. The highest BCUT2D eigenvalue weighted by Gasteiger charge is 2.22. The van der Waals surface area contributed by atoms with Gasteiger partial charge in [-0.15, -0.1) is 0 Å². The number of rotatable bonds is 2. The number of esters is 1. The van der Waals surface area contributed by atoms with Crippen molar-refractivity contribution in [3.63, 3.8) is 0 Å². The van der Waals surface area contributed by atoms with Crippen LogP contribution in [0.4, 0.5) is 0 Å². The molecule has 0 radical (unpaired) electrons.